The van der Waals surface area contributed by atoms with Crippen LogP contribution in [0.3, 0.4) is 0 Å². The van der Waals surface area contributed by atoms with Crippen molar-refractivity contribution in [2.24, 2.45) is 0 Å². The van der Waals surface area contributed by atoms with Crippen LogP contribution in [0.4, 0.5) is 5.69 Å². The molecule has 0 bridgehead atoms. The molecule has 1 spiro atoms. The highest BCUT2D eigenvalue weighted by Gasteiger charge is 2.40. The summed E-state index contributed by atoms with van der Waals surface area (Å²) in [4.78, 5) is 14.3. The molecular weight excluding hydrogens is 256 g/mol. The van der Waals surface area contributed by atoms with E-state index in [9.17, 15) is 4.79 Å². The lowest BCUT2D eigenvalue weighted by molar-refractivity contribution is -0.181. The molecule has 5 nitrogen and oxygen atoms in total. The Hall–Kier alpha value is -1.59. The van der Waals surface area contributed by atoms with E-state index in [1.54, 1.807) is 6.07 Å². The standard InChI is InChI=1S/C15H20N2O3/c1-11-2-3-12(10-13(11)16)14(18)17-6-4-15(5-7-17)19-8-9-20-15/h2-3,10H,4-9,16H2,1H3. The third-order valence-electron chi connectivity index (χ3n) is 4.15. The van der Waals surface area contributed by atoms with Crippen molar-refractivity contribution in [2.75, 3.05) is 32.0 Å². The molecule has 108 valence electrons. The predicted octanol–water partition coefficient (Wildman–Crippen LogP) is 1.56. The maximum atomic E-state index is 12.5. The molecule has 3 rings (SSSR count). The van der Waals surface area contributed by atoms with Crippen molar-refractivity contribution < 1.29 is 14.3 Å². The van der Waals surface area contributed by atoms with Crippen molar-refractivity contribution in [3.63, 3.8) is 0 Å². The Morgan fingerprint density at radius 1 is 1.25 bits per heavy atom. The molecule has 2 fully saturated rings. The van der Waals surface area contributed by atoms with Crippen molar-refractivity contribution in [3.05, 3.63) is 29.3 Å². The molecule has 1 aromatic rings. The van der Waals surface area contributed by atoms with Crippen molar-refractivity contribution in [3.8, 4) is 0 Å². The summed E-state index contributed by atoms with van der Waals surface area (Å²) >= 11 is 0. The fourth-order valence-electron chi connectivity index (χ4n) is 2.79. The smallest absolute Gasteiger partial charge is 0.253 e. The normalized spacial score (nSPS) is 21.4. The van der Waals surface area contributed by atoms with Gasteiger partial charge in [0.25, 0.3) is 5.91 Å². The molecule has 2 aliphatic rings. The number of rotatable bonds is 1. The van der Waals surface area contributed by atoms with Crippen LogP contribution in [0.25, 0.3) is 0 Å². The number of anilines is 1. The van der Waals surface area contributed by atoms with E-state index in [2.05, 4.69) is 0 Å². The van der Waals surface area contributed by atoms with Gasteiger partial charge in [-0.2, -0.15) is 0 Å². The number of nitrogens with zero attached hydrogens (tertiary/aromatic N) is 1. The highest BCUT2D eigenvalue weighted by atomic mass is 16.7. The van der Waals surface area contributed by atoms with E-state index in [-0.39, 0.29) is 5.91 Å². The number of benzene rings is 1. The Kier molecular flexibility index (Phi) is 3.40. The Morgan fingerprint density at radius 3 is 2.50 bits per heavy atom. The number of nitrogen functional groups attached to an aromatic ring is 1. The number of likely N-dealkylation sites (tertiary alicyclic amines) is 1. The Bertz CT molecular complexity index is 514. The topological polar surface area (TPSA) is 64.8 Å². The lowest BCUT2D eigenvalue weighted by Gasteiger charge is -2.37. The van der Waals surface area contributed by atoms with Crippen LogP contribution < -0.4 is 5.73 Å². The van der Waals surface area contributed by atoms with E-state index in [1.807, 2.05) is 24.0 Å². The van der Waals surface area contributed by atoms with Crippen LogP contribution in [0.15, 0.2) is 18.2 Å². The van der Waals surface area contributed by atoms with E-state index in [1.165, 1.54) is 0 Å². The number of ether oxygens (including phenoxy) is 2. The summed E-state index contributed by atoms with van der Waals surface area (Å²) in [6.07, 6.45) is 1.47. The van der Waals surface area contributed by atoms with E-state index in [4.69, 9.17) is 15.2 Å². The molecule has 5 heteroatoms. The zero-order valence-electron chi connectivity index (χ0n) is 11.7. The molecule has 1 amide bonds. The number of amides is 1. The molecule has 0 aromatic heterocycles. The van der Waals surface area contributed by atoms with Crippen LogP contribution in [-0.4, -0.2) is 42.9 Å². The number of carbonyl (C=O) groups excluding carboxylic acids is 1. The van der Waals surface area contributed by atoms with Gasteiger partial charge >= 0.3 is 0 Å². The van der Waals surface area contributed by atoms with Gasteiger partial charge in [-0.3, -0.25) is 4.79 Å². The maximum Gasteiger partial charge on any atom is 0.253 e. The van der Waals surface area contributed by atoms with Crippen molar-refractivity contribution >= 4 is 11.6 Å². The van der Waals surface area contributed by atoms with Gasteiger partial charge in [-0.15, -0.1) is 0 Å². The second kappa shape index (κ2) is 5.07. The zero-order valence-corrected chi connectivity index (χ0v) is 11.7. The van der Waals surface area contributed by atoms with Gasteiger partial charge in [-0.05, 0) is 24.6 Å². The third-order valence-corrected chi connectivity index (χ3v) is 4.15. The molecule has 2 N–H and O–H groups in total. The molecule has 0 aliphatic carbocycles. The summed E-state index contributed by atoms with van der Waals surface area (Å²) in [7, 11) is 0. The number of hydrogen-bond donors (Lipinski definition) is 1. The van der Waals surface area contributed by atoms with Crippen LogP contribution in [-0.2, 0) is 9.47 Å². The fraction of sp³-hybridized carbons (Fsp3) is 0.533. The van der Waals surface area contributed by atoms with Crippen LogP contribution in [0, 0.1) is 6.92 Å². The number of piperidine rings is 1. The van der Waals surface area contributed by atoms with Crippen molar-refractivity contribution in [1.29, 1.82) is 0 Å². The average molecular weight is 276 g/mol. The molecule has 0 unspecified atom stereocenters. The molecule has 20 heavy (non-hydrogen) atoms. The lowest BCUT2D eigenvalue weighted by Crippen LogP contribution is -2.47. The number of hydrogen-bond acceptors (Lipinski definition) is 4. The second-order valence-corrected chi connectivity index (χ2v) is 5.47. The molecule has 2 aliphatic heterocycles. The average Bonchev–Trinajstić information content (AvgIpc) is 2.90. The summed E-state index contributed by atoms with van der Waals surface area (Å²) in [5.74, 6) is -0.409. The summed E-state index contributed by atoms with van der Waals surface area (Å²) in [5.41, 5.74) is 8.17. The summed E-state index contributed by atoms with van der Waals surface area (Å²) in [6, 6.07) is 5.47. The first-order valence-electron chi connectivity index (χ1n) is 7.03. The summed E-state index contributed by atoms with van der Waals surface area (Å²) in [6.45, 7) is 4.56. The SMILES string of the molecule is Cc1ccc(C(=O)N2CCC3(CC2)OCCO3)cc1N. The first-order valence-corrected chi connectivity index (χ1v) is 7.03. The fourth-order valence-corrected chi connectivity index (χ4v) is 2.79. The second-order valence-electron chi connectivity index (χ2n) is 5.47. The highest BCUT2D eigenvalue weighted by molar-refractivity contribution is 5.95. The third kappa shape index (κ3) is 2.39. The zero-order chi connectivity index (χ0) is 14.2. The molecule has 0 atom stereocenters. The minimum absolute atomic E-state index is 0.0320. The van der Waals surface area contributed by atoms with Gasteiger partial charge in [-0.1, -0.05) is 6.07 Å². The number of carbonyl (C=O) groups is 1. The van der Waals surface area contributed by atoms with Gasteiger partial charge in [0.15, 0.2) is 5.79 Å². The molecule has 1 aromatic carbocycles. The largest absolute Gasteiger partial charge is 0.398 e. The van der Waals surface area contributed by atoms with E-state index in [0.717, 1.165) is 18.4 Å². The maximum absolute atomic E-state index is 12.5. The minimum Gasteiger partial charge on any atom is -0.398 e. The monoisotopic (exact) mass is 276 g/mol. The van der Waals surface area contributed by atoms with Crippen molar-refractivity contribution in [1.82, 2.24) is 4.90 Å². The molecule has 0 saturated carbocycles. The van der Waals surface area contributed by atoms with Crippen LogP contribution in [0.1, 0.15) is 28.8 Å². The van der Waals surface area contributed by atoms with Gasteiger partial charge in [0, 0.05) is 37.2 Å². The van der Waals surface area contributed by atoms with E-state index >= 15 is 0 Å². The Balaban J connectivity index is 1.68. The van der Waals surface area contributed by atoms with E-state index in [0.29, 0.717) is 37.6 Å². The molecular formula is C15H20N2O3. The molecule has 2 heterocycles. The number of aryl methyl sites for hydroxylation is 1. The first kappa shape index (κ1) is 13.4. The molecule has 0 radical (unpaired) electrons. The van der Waals surface area contributed by atoms with Gasteiger partial charge < -0.3 is 20.1 Å². The lowest BCUT2D eigenvalue weighted by atomic mass is 10.0. The molecule has 2 saturated heterocycles. The van der Waals surface area contributed by atoms with Crippen LogP contribution in [0.5, 0.6) is 0 Å². The summed E-state index contributed by atoms with van der Waals surface area (Å²) < 4.78 is 11.3. The van der Waals surface area contributed by atoms with Gasteiger partial charge in [0.05, 0.1) is 13.2 Å². The minimum atomic E-state index is -0.441. The number of nitrogens with two attached hydrogens (primary N) is 1. The summed E-state index contributed by atoms with van der Waals surface area (Å²) in [5, 5.41) is 0. The van der Waals surface area contributed by atoms with Gasteiger partial charge in [-0.25, -0.2) is 0 Å². The van der Waals surface area contributed by atoms with Crippen molar-refractivity contribution in [2.45, 2.75) is 25.6 Å². The van der Waals surface area contributed by atoms with E-state index < -0.39 is 5.79 Å². The first-order chi connectivity index (χ1) is 9.60. The Morgan fingerprint density at radius 2 is 1.90 bits per heavy atom. The Labute approximate surface area is 118 Å². The van der Waals surface area contributed by atoms with Gasteiger partial charge in [0.1, 0.15) is 0 Å². The predicted molar refractivity (Wildman–Crippen MR) is 75.4 cm³/mol. The quantitative estimate of drug-likeness (QED) is 0.791. The van der Waals surface area contributed by atoms with Crippen LogP contribution >= 0.6 is 0 Å². The van der Waals surface area contributed by atoms with Gasteiger partial charge in [0.2, 0.25) is 0 Å². The van der Waals surface area contributed by atoms with Crippen LogP contribution in [0.2, 0.25) is 0 Å². The highest BCUT2D eigenvalue weighted by Crippen LogP contribution is 2.31.